The topological polar surface area (TPSA) is 121 Å². The molecule has 3 aromatic rings. The highest BCUT2D eigenvalue weighted by molar-refractivity contribution is 7.91. The van der Waals surface area contributed by atoms with Gasteiger partial charge in [-0.1, -0.05) is 6.92 Å². The number of hydrogen-bond donors (Lipinski definition) is 2. The van der Waals surface area contributed by atoms with Crippen LogP contribution >= 0.6 is 11.3 Å². The van der Waals surface area contributed by atoms with Crippen molar-refractivity contribution in [1.29, 1.82) is 0 Å². The SMILES string of the molecule is CCc1nc(N2CCN(CCO)CC2)ccc1Nc1ncc(C(F)(F)F)c(-c2cc3c(s2)C2(CC2)OCCS3(=O)=O)n1. The van der Waals surface area contributed by atoms with Crippen LogP contribution < -0.4 is 10.2 Å². The summed E-state index contributed by atoms with van der Waals surface area (Å²) in [4.78, 5) is 17.9. The Morgan fingerprint density at radius 2 is 1.93 bits per heavy atom. The molecule has 0 radical (unpaired) electrons. The van der Waals surface area contributed by atoms with Crippen LogP contribution in [0.5, 0.6) is 0 Å². The third kappa shape index (κ3) is 5.60. The zero-order valence-corrected chi connectivity index (χ0v) is 24.6. The van der Waals surface area contributed by atoms with Gasteiger partial charge in [0.25, 0.3) is 0 Å². The number of sulfone groups is 1. The number of alkyl halides is 3. The third-order valence-corrected chi connectivity index (χ3v) is 11.0. The fourth-order valence-electron chi connectivity index (χ4n) is 5.40. The maximum absolute atomic E-state index is 14.1. The number of halogens is 3. The van der Waals surface area contributed by atoms with Gasteiger partial charge in [0, 0.05) is 38.9 Å². The Morgan fingerprint density at radius 3 is 2.60 bits per heavy atom. The summed E-state index contributed by atoms with van der Waals surface area (Å²) < 4.78 is 74.0. The number of pyridine rings is 1. The molecule has 2 aliphatic heterocycles. The summed E-state index contributed by atoms with van der Waals surface area (Å²) in [6, 6.07) is 4.97. The molecule has 0 unspecified atom stereocenters. The summed E-state index contributed by atoms with van der Waals surface area (Å²) in [7, 11) is -3.71. The highest BCUT2D eigenvalue weighted by Crippen LogP contribution is 2.56. The van der Waals surface area contributed by atoms with E-state index >= 15 is 0 Å². The van der Waals surface area contributed by atoms with Gasteiger partial charge in [-0.05, 0) is 37.5 Å². The molecule has 0 bridgehead atoms. The van der Waals surface area contributed by atoms with Crippen LogP contribution in [-0.2, 0) is 32.8 Å². The molecule has 6 rings (SSSR count). The Kier molecular flexibility index (Phi) is 7.66. The van der Waals surface area contributed by atoms with E-state index < -0.39 is 27.2 Å². The number of β-amino-alcohol motifs (C(OH)–C–C–N with tert-alkyl or cyclic N) is 1. The van der Waals surface area contributed by atoms with Crippen LogP contribution in [0.15, 0.2) is 29.3 Å². The van der Waals surface area contributed by atoms with Crippen LogP contribution in [0.25, 0.3) is 10.6 Å². The van der Waals surface area contributed by atoms with Crippen LogP contribution in [0.1, 0.15) is 35.9 Å². The largest absolute Gasteiger partial charge is 0.420 e. The van der Waals surface area contributed by atoms with Crippen molar-refractivity contribution in [2.75, 3.05) is 61.9 Å². The van der Waals surface area contributed by atoms with Crippen molar-refractivity contribution in [2.45, 2.75) is 42.9 Å². The maximum Gasteiger partial charge on any atom is 0.420 e. The standard InChI is InChI=1S/C27H31F3N6O4S2/c1-2-18-19(3-4-22(32-18)36-9-7-35(8-10-36)11-12-37)33-25-31-16-17(27(28,29)30)23(34-25)20-15-21-24(41-20)26(5-6-26)40-13-14-42(21,38)39/h3-4,15-16,37H,2,5-14H2,1H3,(H,31,33,34). The highest BCUT2D eigenvalue weighted by atomic mass is 32.2. The number of aliphatic hydroxyl groups excluding tert-OH is 1. The third-order valence-electron chi connectivity index (χ3n) is 7.86. The molecule has 226 valence electrons. The fourth-order valence-corrected chi connectivity index (χ4v) is 8.52. The molecule has 2 N–H and O–H groups in total. The first-order chi connectivity index (χ1) is 20.0. The molecule has 3 aliphatic rings. The molecule has 0 aromatic carbocycles. The molecule has 15 heteroatoms. The van der Waals surface area contributed by atoms with Gasteiger partial charge < -0.3 is 20.1 Å². The Hall–Kier alpha value is -2.85. The molecule has 0 atom stereocenters. The van der Waals surface area contributed by atoms with Gasteiger partial charge in [-0.3, -0.25) is 4.90 Å². The number of thiophene rings is 1. The minimum Gasteiger partial charge on any atom is -0.395 e. The average Bonchev–Trinajstić information content (AvgIpc) is 3.61. The van der Waals surface area contributed by atoms with E-state index in [1.807, 2.05) is 19.1 Å². The lowest BCUT2D eigenvalue weighted by Gasteiger charge is -2.35. The second kappa shape index (κ2) is 11.0. The van der Waals surface area contributed by atoms with Gasteiger partial charge in [0.2, 0.25) is 5.95 Å². The second-order valence-electron chi connectivity index (χ2n) is 10.6. The Morgan fingerprint density at radius 1 is 1.17 bits per heavy atom. The van der Waals surface area contributed by atoms with Crippen LogP contribution in [0.2, 0.25) is 0 Å². The van der Waals surface area contributed by atoms with Gasteiger partial charge in [-0.2, -0.15) is 13.2 Å². The van der Waals surface area contributed by atoms with Crippen molar-refractivity contribution in [2.24, 2.45) is 0 Å². The van der Waals surface area contributed by atoms with Gasteiger partial charge in [0.1, 0.15) is 17.0 Å². The van der Waals surface area contributed by atoms with Gasteiger partial charge in [-0.25, -0.2) is 23.4 Å². The number of nitrogens with one attached hydrogen (secondary N) is 1. The summed E-state index contributed by atoms with van der Waals surface area (Å²) in [5, 5.41) is 12.2. The minimum atomic E-state index is -4.75. The zero-order valence-electron chi connectivity index (χ0n) is 22.9. The lowest BCUT2D eigenvalue weighted by atomic mass is 10.2. The molecule has 1 saturated carbocycles. The summed E-state index contributed by atoms with van der Waals surface area (Å²) >= 11 is 0.990. The predicted molar refractivity (Wildman–Crippen MR) is 152 cm³/mol. The van der Waals surface area contributed by atoms with Crippen molar-refractivity contribution in [3.63, 3.8) is 0 Å². The number of hydrogen-bond acceptors (Lipinski definition) is 11. The average molecular weight is 625 g/mol. The number of ether oxygens (including phenoxy) is 1. The number of rotatable bonds is 7. The summed E-state index contributed by atoms with van der Waals surface area (Å²) in [5.74, 6) is 0.526. The van der Waals surface area contributed by atoms with E-state index in [1.54, 1.807) is 0 Å². The van der Waals surface area contributed by atoms with E-state index in [9.17, 15) is 26.7 Å². The quantitative estimate of drug-likeness (QED) is 0.401. The summed E-state index contributed by atoms with van der Waals surface area (Å²) in [5.41, 5.74) is -0.897. The first-order valence-electron chi connectivity index (χ1n) is 13.8. The van der Waals surface area contributed by atoms with E-state index in [-0.39, 0.29) is 40.4 Å². The number of aryl methyl sites for hydroxylation is 1. The van der Waals surface area contributed by atoms with Crippen LogP contribution in [0, 0.1) is 0 Å². The number of aromatic nitrogens is 3. The van der Waals surface area contributed by atoms with Gasteiger partial charge in [0.15, 0.2) is 9.84 Å². The van der Waals surface area contributed by atoms with Crippen molar-refractivity contribution in [3.8, 4) is 10.6 Å². The summed E-state index contributed by atoms with van der Waals surface area (Å²) in [6.07, 6.45) is -2.21. The molecular formula is C27H31F3N6O4S2. The van der Waals surface area contributed by atoms with Crippen molar-refractivity contribution >= 4 is 38.6 Å². The molecule has 42 heavy (non-hydrogen) atoms. The lowest BCUT2D eigenvalue weighted by Crippen LogP contribution is -2.47. The zero-order chi connectivity index (χ0) is 29.7. The molecule has 10 nitrogen and oxygen atoms in total. The van der Waals surface area contributed by atoms with Gasteiger partial charge in [0.05, 0.1) is 50.7 Å². The molecular weight excluding hydrogens is 593 g/mol. The van der Waals surface area contributed by atoms with Gasteiger partial charge >= 0.3 is 6.18 Å². The Labute approximate surface area is 245 Å². The number of piperazine rings is 1. The number of anilines is 3. The second-order valence-corrected chi connectivity index (χ2v) is 13.7. The van der Waals surface area contributed by atoms with E-state index in [1.165, 1.54) is 6.07 Å². The predicted octanol–water partition coefficient (Wildman–Crippen LogP) is 3.83. The molecule has 1 saturated heterocycles. The molecule has 1 aliphatic carbocycles. The molecule has 0 amide bonds. The van der Waals surface area contributed by atoms with E-state index in [4.69, 9.17) is 9.72 Å². The Balaban J connectivity index is 1.32. The highest BCUT2D eigenvalue weighted by Gasteiger charge is 2.52. The first-order valence-corrected chi connectivity index (χ1v) is 16.3. The molecule has 5 heterocycles. The monoisotopic (exact) mass is 624 g/mol. The fraction of sp³-hybridized carbons (Fsp3) is 0.519. The number of aliphatic hydroxyl groups is 1. The van der Waals surface area contributed by atoms with E-state index in [0.717, 1.165) is 49.5 Å². The van der Waals surface area contributed by atoms with E-state index in [0.29, 0.717) is 42.1 Å². The van der Waals surface area contributed by atoms with Crippen LogP contribution in [-0.4, -0.2) is 85.1 Å². The lowest BCUT2D eigenvalue weighted by molar-refractivity contribution is -0.137. The van der Waals surface area contributed by atoms with Crippen molar-refractivity contribution < 1.29 is 31.4 Å². The van der Waals surface area contributed by atoms with Crippen molar-refractivity contribution in [1.82, 2.24) is 19.9 Å². The van der Waals surface area contributed by atoms with Crippen molar-refractivity contribution in [3.05, 3.63) is 40.5 Å². The maximum atomic E-state index is 14.1. The van der Waals surface area contributed by atoms with Gasteiger partial charge in [-0.15, -0.1) is 11.3 Å². The van der Waals surface area contributed by atoms with E-state index in [2.05, 4.69) is 25.1 Å². The Bertz CT molecular complexity index is 1580. The normalized spacial score (nSPS) is 19.9. The van der Waals surface area contributed by atoms with Crippen LogP contribution in [0.4, 0.5) is 30.6 Å². The summed E-state index contributed by atoms with van der Waals surface area (Å²) in [6.45, 7) is 5.90. The molecule has 3 aromatic heterocycles. The number of fused-ring (bicyclic) bond motifs is 2. The number of nitrogens with zero attached hydrogens (tertiary/aromatic N) is 5. The smallest absolute Gasteiger partial charge is 0.395 e. The molecule has 2 fully saturated rings. The first kappa shape index (κ1) is 29.2. The minimum absolute atomic E-state index is 0.0315. The molecule has 1 spiro atoms. The van der Waals surface area contributed by atoms with Crippen LogP contribution in [0.3, 0.4) is 0 Å².